The van der Waals surface area contributed by atoms with Gasteiger partial charge in [-0.15, -0.1) is 0 Å². The lowest BCUT2D eigenvalue weighted by Crippen LogP contribution is -2.67. The molecule has 0 saturated heterocycles. The SMILES string of the molecule is COC1=C(C)C(=O)[C@]23[C@H]4C=C(C)C[C@@]2(C1=O)[C@@H](C)CC[C@H]3[C@@H](C)C4. The Hall–Kier alpha value is -1.38. The molecule has 0 heterocycles. The summed E-state index contributed by atoms with van der Waals surface area (Å²) in [5.41, 5.74) is 0.719. The molecule has 0 aromatic heterocycles. The van der Waals surface area contributed by atoms with Crippen molar-refractivity contribution in [3.8, 4) is 0 Å². The molecule has 0 radical (unpaired) electrons. The number of carbonyl (C=O) groups excluding carboxylic acids is 2. The van der Waals surface area contributed by atoms with E-state index in [4.69, 9.17) is 4.74 Å². The third kappa shape index (κ3) is 1.46. The number of hydrogen-bond acceptors (Lipinski definition) is 3. The van der Waals surface area contributed by atoms with Crippen molar-refractivity contribution in [1.82, 2.24) is 0 Å². The fourth-order valence-electron chi connectivity index (χ4n) is 7.16. The zero-order valence-corrected chi connectivity index (χ0v) is 15.4. The lowest BCUT2D eigenvalue weighted by atomic mass is 9.38. The number of Topliss-reactive ketones (excluding diaryl/α,β-unsaturated/α-hetero) is 2. The van der Waals surface area contributed by atoms with Crippen molar-refractivity contribution in [2.45, 2.75) is 53.4 Å². The maximum absolute atomic E-state index is 13.8. The fraction of sp³-hybridized carbons (Fsp3) is 0.714. The van der Waals surface area contributed by atoms with E-state index in [1.54, 1.807) is 6.92 Å². The molecule has 4 aliphatic rings. The van der Waals surface area contributed by atoms with E-state index < -0.39 is 10.8 Å². The quantitative estimate of drug-likeness (QED) is 0.681. The molecule has 3 nitrogen and oxygen atoms in total. The van der Waals surface area contributed by atoms with E-state index in [9.17, 15) is 9.59 Å². The summed E-state index contributed by atoms with van der Waals surface area (Å²) >= 11 is 0. The van der Waals surface area contributed by atoms with Gasteiger partial charge in [0.2, 0.25) is 5.78 Å². The molecule has 3 heteroatoms. The number of carbonyl (C=O) groups is 2. The number of hydrogen-bond donors (Lipinski definition) is 0. The van der Waals surface area contributed by atoms with Gasteiger partial charge in [-0.1, -0.05) is 25.5 Å². The summed E-state index contributed by atoms with van der Waals surface area (Å²) in [6.45, 7) is 8.40. The Bertz CT molecular complexity index is 700. The van der Waals surface area contributed by atoms with E-state index in [-0.39, 0.29) is 23.4 Å². The molecular formula is C21H28O3. The highest BCUT2D eigenvalue weighted by atomic mass is 16.5. The number of rotatable bonds is 1. The van der Waals surface area contributed by atoms with Crippen LogP contribution in [0, 0.1) is 34.5 Å². The molecule has 0 unspecified atom stereocenters. The first-order valence-electron chi connectivity index (χ1n) is 9.34. The number of allylic oxidation sites excluding steroid dienone is 4. The summed E-state index contributed by atoms with van der Waals surface area (Å²) in [5, 5.41) is 0. The summed E-state index contributed by atoms with van der Waals surface area (Å²) in [5.74, 6) is 1.88. The van der Waals surface area contributed by atoms with Crippen molar-refractivity contribution < 1.29 is 14.3 Å². The van der Waals surface area contributed by atoms with Gasteiger partial charge in [-0.3, -0.25) is 9.59 Å². The minimum Gasteiger partial charge on any atom is -0.493 e. The third-order valence-electron chi connectivity index (χ3n) is 7.89. The van der Waals surface area contributed by atoms with Crippen molar-refractivity contribution in [2.24, 2.45) is 34.5 Å². The van der Waals surface area contributed by atoms with Gasteiger partial charge in [-0.05, 0) is 63.2 Å². The molecule has 0 aromatic rings. The monoisotopic (exact) mass is 328 g/mol. The van der Waals surface area contributed by atoms with Crippen LogP contribution in [0.3, 0.4) is 0 Å². The molecule has 130 valence electrons. The Morgan fingerprint density at radius 3 is 2.50 bits per heavy atom. The number of ketones is 2. The first-order valence-corrected chi connectivity index (χ1v) is 9.34. The molecule has 6 atom stereocenters. The van der Waals surface area contributed by atoms with Crippen molar-refractivity contribution in [3.63, 3.8) is 0 Å². The Morgan fingerprint density at radius 1 is 1.12 bits per heavy atom. The normalized spacial score (nSPS) is 47.3. The maximum atomic E-state index is 13.8. The molecule has 0 bridgehead atoms. The highest BCUT2D eigenvalue weighted by Crippen LogP contribution is 2.74. The Labute approximate surface area is 144 Å². The second kappa shape index (κ2) is 4.83. The minimum absolute atomic E-state index is 0.103. The third-order valence-corrected chi connectivity index (χ3v) is 7.89. The lowest BCUT2D eigenvalue weighted by molar-refractivity contribution is -0.174. The second-order valence-electron chi connectivity index (χ2n) is 8.75. The largest absolute Gasteiger partial charge is 0.493 e. The smallest absolute Gasteiger partial charge is 0.205 e. The molecule has 2 saturated carbocycles. The van der Waals surface area contributed by atoms with Gasteiger partial charge in [-0.2, -0.15) is 0 Å². The highest BCUT2D eigenvalue weighted by Gasteiger charge is 2.76. The molecule has 0 aromatic carbocycles. The van der Waals surface area contributed by atoms with Crippen LogP contribution in [0.25, 0.3) is 0 Å². The number of ether oxygens (including phenoxy) is 1. The zero-order valence-electron chi connectivity index (χ0n) is 15.4. The average molecular weight is 328 g/mol. The van der Waals surface area contributed by atoms with Crippen LogP contribution in [0.5, 0.6) is 0 Å². The van der Waals surface area contributed by atoms with Crippen molar-refractivity contribution >= 4 is 11.6 Å². The van der Waals surface area contributed by atoms with Gasteiger partial charge in [0.25, 0.3) is 0 Å². The van der Waals surface area contributed by atoms with E-state index >= 15 is 0 Å². The first-order chi connectivity index (χ1) is 11.3. The van der Waals surface area contributed by atoms with Crippen LogP contribution in [0.4, 0.5) is 0 Å². The average Bonchev–Trinajstić information content (AvgIpc) is 2.82. The van der Waals surface area contributed by atoms with Crippen LogP contribution in [0.1, 0.15) is 53.4 Å². The molecule has 0 aliphatic heterocycles. The predicted octanol–water partition coefficient (Wildman–Crippen LogP) is 4.08. The molecule has 4 aliphatic carbocycles. The Kier molecular flexibility index (Phi) is 3.24. The van der Waals surface area contributed by atoms with Gasteiger partial charge in [0.05, 0.1) is 17.9 Å². The second-order valence-corrected chi connectivity index (χ2v) is 8.75. The fourth-order valence-corrected chi connectivity index (χ4v) is 7.16. The zero-order chi connectivity index (χ0) is 17.4. The summed E-state index contributed by atoms with van der Waals surface area (Å²) in [6, 6.07) is 0. The van der Waals surface area contributed by atoms with Gasteiger partial charge in [0.1, 0.15) is 0 Å². The minimum atomic E-state index is -0.591. The van der Waals surface area contributed by atoms with E-state index in [2.05, 4.69) is 26.8 Å². The molecular weight excluding hydrogens is 300 g/mol. The maximum Gasteiger partial charge on any atom is 0.205 e. The van der Waals surface area contributed by atoms with Crippen molar-refractivity contribution in [2.75, 3.05) is 7.11 Å². The topological polar surface area (TPSA) is 43.4 Å². The van der Waals surface area contributed by atoms with Crippen LogP contribution in [0.2, 0.25) is 0 Å². The van der Waals surface area contributed by atoms with Crippen LogP contribution in [-0.2, 0) is 14.3 Å². The molecule has 1 spiro atoms. The molecule has 4 rings (SSSR count). The standard InChI is InChI=1S/C21H28O3/c1-11-8-15-9-12(2)16-7-6-13(3)20(10-11)19(23)17(24-5)14(4)18(22)21(15,16)20/h8,12-13,15-16H,6-7,9-10H2,1-5H3/t12-,13-,15-,16-,20-,21+/m0/s1. The predicted molar refractivity (Wildman–Crippen MR) is 92.1 cm³/mol. The van der Waals surface area contributed by atoms with Crippen LogP contribution in [0.15, 0.2) is 23.0 Å². The van der Waals surface area contributed by atoms with Crippen LogP contribution in [-0.4, -0.2) is 18.7 Å². The van der Waals surface area contributed by atoms with Gasteiger partial charge in [0.15, 0.2) is 11.5 Å². The van der Waals surface area contributed by atoms with Gasteiger partial charge < -0.3 is 4.74 Å². The van der Waals surface area contributed by atoms with Crippen molar-refractivity contribution in [3.05, 3.63) is 23.0 Å². The Morgan fingerprint density at radius 2 is 1.83 bits per heavy atom. The lowest BCUT2D eigenvalue weighted by Gasteiger charge is -2.62. The molecule has 2 fully saturated rings. The van der Waals surface area contributed by atoms with E-state index in [1.807, 2.05) is 0 Å². The molecule has 0 N–H and O–H groups in total. The summed E-state index contributed by atoms with van der Waals surface area (Å²) in [4.78, 5) is 27.5. The first kappa shape index (κ1) is 16.1. The summed E-state index contributed by atoms with van der Waals surface area (Å²) < 4.78 is 5.47. The number of methoxy groups -OCH3 is 1. The van der Waals surface area contributed by atoms with Crippen LogP contribution >= 0.6 is 0 Å². The Balaban J connectivity index is 2.09. The van der Waals surface area contributed by atoms with Crippen LogP contribution < -0.4 is 0 Å². The summed E-state index contributed by atoms with van der Waals surface area (Å²) in [6.07, 6.45) is 6.18. The molecule has 0 amide bonds. The molecule has 24 heavy (non-hydrogen) atoms. The summed E-state index contributed by atoms with van der Waals surface area (Å²) in [7, 11) is 1.53. The van der Waals surface area contributed by atoms with Gasteiger partial charge >= 0.3 is 0 Å². The van der Waals surface area contributed by atoms with Crippen molar-refractivity contribution in [1.29, 1.82) is 0 Å². The van der Waals surface area contributed by atoms with E-state index in [1.165, 1.54) is 12.7 Å². The van der Waals surface area contributed by atoms with Gasteiger partial charge in [0, 0.05) is 5.57 Å². The van der Waals surface area contributed by atoms with E-state index in [0.29, 0.717) is 23.2 Å². The van der Waals surface area contributed by atoms with Gasteiger partial charge in [-0.25, -0.2) is 0 Å². The highest BCUT2D eigenvalue weighted by molar-refractivity contribution is 6.17. The van der Waals surface area contributed by atoms with E-state index in [0.717, 1.165) is 25.7 Å².